The monoisotopic (exact) mass is 495 g/mol. The normalized spacial score (nSPS) is 19.2. The van der Waals surface area contributed by atoms with Crippen molar-refractivity contribution in [1.29, 1.82) is 0 Å². The Hall–Kier alpha value is -2.53. The number of hydrogen-bond acceptors (Lipinski definition) is 3. The lowest BCUT2D eigenvalue weighted by molar-refractivity contribution is -0.117. The molecule has 0 bridgehead atoms. The van der Waals surface area contributed by atoms with Crippen molar-refractivity contribution in [3.63, 3.8) is 0 Å². The van der Waals surface area contributed by atoms with E-state index in [1.807, 2.05) is 32.0 Å². The molecule has 1 aliphatic rings. The Morgan fingerprint density at radius 1 is 1.25 bits per heavy atom. The van der Waals surface area contributed by atoms with Gasteiger partial charge in [0.05, 0.1) is 12.9 Å². The molecule has 1 amide bonds. The first kappa shape index (κ1) is 22.7. The maximum absolute atomic E-state index is 12.8. The smallest absolute Gasteiger partial charge is 0.244 e. The highest BCUT2D eigenvalue weighted by Crippen LogP contribution is 2.38. The maximum atomic E-state index is 12.8. The summed E-state index contributed by atoms with van der Waals surface area (Å²) in [4.78, 5) is 12.8. The zero-order chi connectivity index (χ0) is 22.7. The van der Waals surface area contributed by atoms with Gasteiger partial charge in [-0.15, -0.1) is 0 Å². The Morgan fingerprint density at radius 2 is 2.06 bits per heavy atom. The first-order valence-corrected chi connectivity index (χ1v) is 12.2. The van der Waals surface area contributed by atoms with Crippen LogP contribution >= 0.6 is 15.9 Å². The predicted octanol–water partition coefficient (Wildman–Crippen LogP) is 7.36. The third-order valence-corrected chi connectivity index (χ3v) is 6.82. The maximum Gasteiger partial charge on any atom is 0.244 e. The second kappa shape index (κ2) is 9.95. The molecule has 168 valence electrons. The average Bonchev–Trinajstić information content (AvgIpc) is 3.18. The second-order valence-electron chi connectivity index (χ2n) is 8.64. The zero-order valence-electron chi connectivity index (χ0n) is 18.9. The first-order valence-electron chi connectivity index (χ1n) is 11.4. The second-order valence-corrected chi connectivity index (χ2v) is 9.56. The third-order valence-electron chi connectivity index (χ3n) is 6.32. The van der Waals surface area contributed by atoms with Gasteiger partial charge in [-0.25, -0.2) is 0 Å². The molecule has 1 fully saturated rings. The molecule has 2 unspecified atom stereocenters. The van der Waals surface area contributed by atoms with Gasteiger partial charge in [-0.1, -0.05) is 47.8 Å². The Bertz CT molecular complexity index is 1150. The molecule has 32 heavy (non-hydrogen) atoms. The van der Waals surface area contributed by atoms with Gasteiger partial charge in [0.15, 0.2) is 0 Å². The molecular weight excluding hydrogens is 466 g/mol. The molecule has 2 aromatic carbocycles. The summed E-state index contributed by atoms with van der Waals surface area (Å²) in [6.45, 7) is 6.69. The SMILES string of the molecule is CCOc1cc2occ(-c3cccc(Br)c3)c2cc1/C(C)=C/C(=O)NC1CCCCC1C. The van der Waals surface area contributed by atoms with Gasteiger partial charge in [-0.3, -0.25) is 4.79 Å². The topological polar surface area (TPSA) is 51.5 Å². The highest BCUT2D eigenvalue weighted by Gasteiger charge is 2.22. The Labute approximate surface area is 198 Å². The van der Waals surface area contributed by atoms with Gasteiger partial charge < -0.3 is 14.5 Å². The van der Waals surface area contributed by atoms with Gasteiger partial charge in [-0.05, 0) is 61.9 Å². The molecule has 0 aliphatic heterocycles. The Morgan fingerprint density at radius 3 is 2.81 bits per heavy atom. The van der Waals surface area contributed by atoms with Gasteiger partial charge >= 0.3 is 0 Å². The van der Waals surface area contributed by atoms with Crippen LogP contribution in [0.5, 0.6) is 5.75 Å². The molecule has 5 heteroatoms. The van der Waals surface area contributed by atoms with Gasteiger partial charge in [0.25, 0.3) is 0 Å². The van der Waals surface area contributed by atoms with E-state index in [9.17, 15) is 4.79 Å². The number of allylic oxidation sites excluding steroid dienone is 1. The molecule has 4 nitrogen and oxygen atoms in total. The molecule has 0 radical (unpaired) electrons. The van der Waals surface area contributed by atoms with Crippen molar-refractivity contribution < 1.29 is 13.9 Å². The van der Waals surface area contributed by atoms with E-state index < -0.39 is 0 Å². The van der Waals surface area contributed by atoms with Crippen LogP contribution in [0.15, 0.2) is 57.6 Å². The number of ether oxygens (including phenoxy) is 1. The zero-order valence-corrected chi connectivity index (χ0v) is 20.5. The van der Waals surface area contributed by atoms with E-state index in [0.717, 1.165) is 49.9 Å². The summed E-state index contributed by atoms with van der Waals surface area (Å²) >= 11 is 3.55. The van der Waals surface area contributed by atoms with Crippen LogP contribution < -0.4 is 10.1 Å². The number of halogens is 1. The summed E-state index contributed by atoms with van der Waals surface area (Å²) in [7, 11) is 0. The largest absolute Gasteiger partial charge is 0.493 e. The van der Waals surface area contributed by atoms with E-state index in [2.05, 4.69) is 46.4 Å². The average molecular weight is 496 g/mol. The lowest BCUT2D eigenvalue weighted by atomic mass is 9.86. The van der Waals surface area contributed by atoms with Crippen molar-refractivity contribution in [2.75, 3.05) is 6.61 Å². The number of benzene rings is 2. The van der Waals surface area contributed by atoms with Crippen molar-refractivity contribution in [3.8, 4) is 16.9 Å². The summed E-state index contributed by atoms with van der Waals surface area (Å²) in [5.41, 5.74) is 4.62. The standard InChI is InChI=1S/C27H30BrNO3/c1-4-31-25-15-26-22(23(16-32-26)19-9-7-10-20(28)13-19)14-21(25)18(3)12-27(30)29-24-11-6-5-8-17(24)2/h7,9-10,12-17,24H,4-6,8,11H2,1-3H3,(H,29,30)/b18-12+. The fourth-order valence-corrected chi connectivity index (χ4v) is 4.95. The van der Waals surface area contributed by atoms with Crippen LogP contribution in [0.25, 0.3) is 27.7 Å². The summed E-state index contributed by atoms with van der Waals surface area (Å²) < 4.78 is 12.8. The molecule has 3 aromatic rings. The molecule has 1 saturated carbocycles. The molecule has 1 N–H and O–H groups in total. The molecule has 2 atom stereocenters. The minimum absolute atomic E-state index is 0.0387. The van der Waals surface area contributed by atoms with E-state index in [4.69, 9.17) is 9.15 Å². The number of amides is 1. The fraction of sp³-hybridized carbons (Fsp3) is 0.370. The van der Waals surface area contributed by atoms with Crippen LogP contribution in [0.2, 0.25) is 0 Å². The van der Waals surface area contributed by atoms with Crippen molar-refractivity contribution in [1.82, 2.24) is 5.32 Å². The van der Waals surface area contributed by atoms with Crippen molar-refractivity contribution in [2.24, 2.45) is 5.92 Å². The van der Waals surface area contributed by atoms with Crippen LogP contribution in [0.1, 0.15) is 52.0 Å². The Balaban J connectivity index is 1.69. The highest BCUT2D eigenvalue weighted by molar-refractivity contribution is 9.10. The van der Waals surface area contributed by atoms with E-state index in [-0.39, 0.29) is 11.9 Å². The van der Waals surface area contributed by atoms with Crippen LogP contribution in [-0.2, 0) is 4.79 Å². The van der Waals surface area contributed by atoms with Gasteiger partial charge in [0.2, 0.25) is 5.91 Å². The molecule has 0 spiro atoms. The number of fused-ring (bicyclic) bond motifs is 1. The number of hydrogen-bond donors (Lipinski definition) is 1. The van der Waals surface area contributed by atoms with Crippen molar-refractivity contribution in [2.45, 2.75) is 52.5 Å². The van der Waals surface area contributed by atoms with Crippen LogP contribution in [0.3, 0.4) is 0 Å². The predicted molar refractivity (Wildman–Crippen MR) is 134 cm³/mol. The van der Waals surface area contributed by atoms with E-state index in [0.29, 0.717) is 12.5 Å². The molecule has 1 aliphatic carbocycles. The lowest BCUT2D eigenvalue weighted by Gasteiger charge is -2.29. The summed E-state index contributed by atoms with van der Waals surface area (Å²) in [6, 6.07) is 12.4. The van der Waals surface area contributed by atoms with Gasteiger partial charge in [-0.2, -0.15) is 0 Å². The number of carbonyl (C=O) groups is 1. The first-order chi connectivity index (χ1) is 15.5. The van der Waals surface area contributed by atoms with E-state index >= 15 is 0 Å². The highest BCUT2D eigenvalue weighted by atomic mass is 79.9. The Kier molecular flexibility index (Phi) is 7.04. The van der Waals surface area contributed by atoms with Gasteiger partial charge in [0, 0.05) is 39.2 Å². The molecule has 0 saturated heterocycles. The number of nitrogens with one attached hydrogen (secondary N) is 1. The van der Waals surface area contributed by atoms with Crippen molar-refractivity contribution in [3.05, 3.63) is 58.8 Å². The molecule has 4 rings (SSSR count). The van der Waals surface area contributed by atoms with Crippen LogP contribution in [-0.4, -0.2) is 18.6 Å². The minimum atomic E-state index is -0.0387. The number of furan rings is 1. The summed E-state index contributed by atoms with van der Waals surface area (Å²) in [5, 5.41) is 4.21. The molecule has 1 aromatic heterocycles. The van der Waals surface area contributed by atoms with Crippen molar-refractivity contribution >= 4 is 38.4 Å². The summed E-state index contributed by atoms with van der Waals surface area (Å²) in [5.74, 6) is 1.21. The van der Waals surface area contributed by atoms with Crippen LogP contribution in [0.4, 0.5) is 0 Å². The number of rotatable bonds is 6. The lowest BCUT2D eigenvalue weighted by Crippen LogP contribution is -2.40. The molecular formula is C27H30BrNO3. The van der Waals surface area contributed by atoms with Gasteiger partial charge in [0.1, 0.15) is 11.3 Å². The molecule has 1 heterocycles. The fourth-order valence-electron chi connectivity index (χ4n) is 4.55. The number of carbonyl (C=O) groups excluding carboxylic acids is 1. The van der Waals surface area contributed by atoms with E-state index in [1.165, 1.54) is 19.3 Å². The quantitative estimate of drug-likeness (QED) is 0.363. The minimum Gasteiger partial charge on any atom is -0.493 e. The van der Waals surface area contributed by atoms with Crippen LogP contribution in [0, 0.1) is 5.92 Å². The van der Waals surface area contributed by atoms with E-state index in [1.54, 1.807) is 12.3 Å². The summed E-state index contributed by atoms with van der Waals surface area (Å²) in [6.07, 6.45) is 8.15. The third kappa shape index (κ3) is 4.93.